The molecule has 0 spiro atoms. The first-order valence-corrected chi connectivity index (χ1v) is 5.30. The summed E-state index contributed by atoms with van der Waals surface area (Å²) in [7, 11) is 0. The van der Waals surface area contributed by atoms with Crippen LogP contribution in [0, 0.1) is 5.95 Å². The van der Waals surface area contributed by atoms with Gasteiger partial charge in [0.1, 0.15) is 0 Å². The van der Waals surface area contributed by atoms with Crippen LogP contribution in [0.4, 0.5) is 4.39 Å². The van der Waals surface area contributed by atoms with Crippen LogP contribution in [-0.2, 0) is 0 Å². The van der Waals surface area contributed by atoms with Gasteiger partial charge in [0, 0.05) is 16.6 Å². The Morgan fingerprint density at radius 3 is 2.92 bits per heavy atom. The lowest BCUT2D eigenvalue weighted by Gasteiger charge is -2.00. The van der Waals surface area contributed by atoms with Crippen molar-refractivity contribution in [3.63, 3.8) is 0 Å². The number of rotatable bonds is 1. The molecule has 1 nitrogen and oxygen atoms in total. The van der Waals surface area contributed by atoms with Gasteiger partial charge in [-0.25, -0.2) is 4.98 Å². The van der Waals surface area contributed by atoms with Gasteiger partial charge in [-0.1, -0.05) is 6.07 Å². The quantitative estimate of drug-likeness (QED) is 0.710. The molecule has 0 aliphatic carbocycles. The molecule has 0 bridgehead atoms. The van der Waals surface area contributed by atoms with Crippen LogP contribution >= 0.6 is 27.3 Å². The minimum atomic E-state index is -0.467. The number of pyridine rings is 1. The third-order valence-electron chi connectivity index (χ3n) is 1.63. The Morgan fingerprint density at radius 1 is 1.38 bits per heavy atom. The first-order chi connectivity index (χ1) is 6.29. The molecule has 2 aromatic rings. The molecule has 2 heterocycles. The van der Waals surface area contributed by atoms with Gasteiger partial charge in [0.2, 0.25) is 5.95 Å². The van der Waals surface area contributed by atoms with Gasteiger partial charge in [-0.3, -0.25) is 0 Å². The minimum absolute atomic E-state index is 0.428. The fraction of sp³-hybridized carbons (Fsp3) is 0. The average Bonchev–Trinajstić information content (AvgIpc) is 2.62. The van der Waals surface area contributed by atoms with Crippen molar-refractivity contribution >= 4 is 27.3 Å². The van der Waals surface area contributed by atoms with Gasteiger partial charge >= 0.3 is 0 Å². The SMILES string of the molecule is Fc1nccc(-c2cccs2)c1Br. The third-order valence-corrected chi connectivity index (χ3v) is 3.29. The van der Waals surface area contributed by atoms with E-state index >= 15 is 0 Å². The van der Waals surface area contributed by atoms with E-state index in [1.54, 1.807) is 17.4 Å². The van der Waals surface area contributed by atoms with Gasteiger partial charge in [-0.05, 0) is 33.4 Å². The van der Waals surface area contributed by atoms with Crippen LogP contribution in [0.2, 0.25) is 0 Å². The highest BCUT2D eigenvalue weighted by Gasteiger charge is 2.08. The molecule has 0 aliphatic heterocycles. The zero-order valence-corrected chi connectivity index (χ0v) is 8.90. The Hall–Kier alpha value is -0.740. The third kappa shape index (κ3) is 1.64. The summed E-state index contributed by atoms with van der Waals surface area (Å²) in [6, 6.07) is 5.67. The van der Waals surface area contributed by atoms with Gasteiger partial charge in [-0.15, -0.1) is 11.3 Å². The van der Waals surface area contributed by atoms with E-state index in [0.717, 1.165) is 10.4 Å². The molecule has 0 radical (unpaired) electrons. The number of nitrogens with zero attached hydrogens (tertiary/aromatic N) is 1. The number of thiophene rings is 1. The molecule has 0 amide bonds. The van der Waals surface area contributed by atoms with Gasteiger partial charge in [0.05, 0.1) is 4.47 Å². The minimum Gasteiger partial charge on any atom is -0.227 e. The van der Waals surface area contributed by atoms with Crippen LogP contribution in [0.25, 0.3) is 10.4 Å². The highest BCUT2D eigenvalue weighted by molar-refractivity contribution is 9.10. The highest BCUT2D eigenvalue weighted by Crippen LogP contribution is 2.31. The van der Waals surface area contributed by atoms with E-state index in [9.17, 15) is 4.39 Å². The van der Waals surface area contributed by atoms with E-state index in [1.165, 1.54) is 6.20 Å². The smallest absolute Gasteiger partial charge is 0.227 e. The van der Waals surface area contributed by atoms with Gasteiger partial charge in [0.25, 0.3) is 0 Å². The van der Waals surface area contributed by atoms with Crippen LogP contribution in [0.15, 0.2) is 34.2 Å². The molecular formula is C9H5BrFNS. The maximum absolute atomic E-state index is 13.0. The van der Waals surface area contributed by atoms with E-state index in [0.29, 0.717) is 4.47 Å². The number of halogens is 2. The van der Waals surface area contributed by atoms with Crippen molar-refractivity contribution in [3.8, 4) is 10.4 Å². The number of hydrogen-bond donors (Lipinski definition) is 0. The first-order valence-electron chi connectivity index (χ1n) is 3.63. The van der Waals surface area contributed by atoms with Gasteiger partial charge < -0.3 is 0 Å². The first kappa shape index (κ1) is 8.84. The summed E-state index contributed by atoms with van der Waals surface area (Å²) in [4.78, 5) is 4.58. The normalized spacial score (nSPS) is 10.3. The Labute approximate surface area is 87.4 Å². The maximum atomic E-state index is 13.0. The standard InChI is InChI=1S/C9H5BrFNS/c10-8-6(3-4-12-9(8)11)7-2-1-5-13-7/h1-5H. The molecule has 0 aromatic carbocycles. The van der Waals surface area contributed by atoms with Crippen LogP contribution < -0.4 is 0 Å². The predicted molar refractivity (Wildman–Crippen MR) is 55.2 cm³/mol. The summed E-state index contributed by atoms with van der Waals surface area (Å²) < 4.78 is 13.4. The summed E-state index contributed by atoms with van der Waals surface area (Å²) >= 11 is 4.75. The second kappa shape index (κ2) is 3.55. The van der Waals surface area contributed by atoms with Crippen LogP contribution in [-0.4, -0.2) is 4.98 Å². The molecule has 0 saturated heterocycles. The lowest BCUT2D eigenvalue weighted by molar-refractivity contribution is 0.577. The van der Waals surface area contributed by atoms with Crippen molar-refractivity contribution in [1.29, 1.82) is 0 Å². The number of hydrogen-bond acceptors (Lipinski definition) is 2. The van der Waals surface area contributed by atoms with Crippen molar-refractivity contribution in [2.45, 2.75) is 0 Å². The second-order valence-electron chi connectivity index (χ2n) is 2.44. The topological polar surface area (TPSA) is 12.9 Å². The molecule has 66 valence electrons. The monoisotopic (exact) mass is 257 g/mol. The highest BCUT2D eigenvalue weighted by atomic mass is 79.9. The van der Waals surface area contributed by atoms with E-state index in [-0.39, 0.29) is 0 Å². The largest absolute Gasteiger partial charge is 0.227 e. The average molecular weight is 258 g/mol. The molecule has 13 heavy (non-hydrogen) atoms. The van der Waals surface area contributed by atoms with E-state index in [4.69, 9.17) is 0 Å². The molecule has 2 aromatic heterocycles. The van der Waals surface area contributed by atoms with Crippen molar-refractivity contribution in [1.82, 2.24) is 4.98 Å². The van der Waals surface area contributed by atoms with Crippen molar-refractivity contribution in [2.24, 2.45) is 0 Å². The molecule has 0 aliphatic rings. The predicted octanol–water partition coefficient (Wildman–Crippen LogP) is 3.71. The Morgan fingerprint density at radius 2 is 2.23 bits per heavy atom. The van der Waals surface area contributed by atoms with Crippen molar-refractivity contribution in [2.75, 3.05) is 0 Å². The molecule has 0 atom stereocenters. The van der Waals surface area contributed by atoms with Crippen molar-refractivity contribution in [3.05, 3.63) is 40.2 Å². The molecular weight excluding hydrogens is 253 g/mol. The Kier molecular flexibility index (Phi) is 2.42. The molecule has 0 fully saturated rings. The summed E-state index contributed by atoms with van der Waals surface area (Å²) in [6.07, 6.45) is 1.47. The molecule has 0 unspecified atom stereocenters. The summed E-state index contributed by atoms with van der Waals surface area (Å²) in [5, 5.41) is 1.96. The summed E-state index contributed by atoms with van der Waals surface area (Å²) in [6.45, 7) is 0. The van der Waals surface area contributed by atoms with Gasteiger partial charge in [0.15, 0.2) is 0 Å². The molecule has 0 saturated carbocycles. The van der Waals surface area contributed by atoms with Crippen LogP contribution in [0.5, 0.6) is 0 Å². The molecule has 2 rings (SSSR count). The second-order valence-corrected chi connectivity index (χ2v) is 4.18. The van der Waals surface area contributed by atoms with E-state index in [2.05, 4.69) is 20.9 Å². The van der Waals surface area contributed by atoms with Gasteiger partial charge in [-0.2, -0.15) is 4.39 Å². The lowest BCUT2D eigenvalue weighted by Crippen LogP contribution is -1.85. The van der Waals surface area contributed by atoms with Crippen molar-refractivity contribution < 1.29 is 4.39 Å². The zero-order valence-electron chi connectivity index (χ0n) is 6.50. The Balaban J connectivity index is 2.59. The van der Waals surface area contributed by atoms with Crippen LogP contribution in [0.3, 0.4) is 0 Å². The van der Waals surface area contributed by atoms with E-state index < -0.39 is 5.95 Å². The lowest BCUT2D eigenvalue weighted by atomic mass is 10.2. The Bertz CT molecular complexity index is 414. The van der Waals surface area contributed by atoms with Crippen LogP contribution in [0.1, 0.15) is 0 Å². The molecule has 4 heteroatoms. The summed E-state index contributed by atoms with van der Waals surface area (Å²) in [5.74, 6) is -0.467. The fourth-order valence-electron chi connectivity index (χ4n) is 1.04. The van der Waals surface area contributed by atoms with E-state index in [1.807, 2.05) is 17.5 Å². The molecule has 0 N–H and O–H groups in total. The fourth-order valence-corrected chi connectivity index (χ4v) is 2.38. The summed E-state index contributed by atoms with van der Waals surface area (Å²) in [5.41, 5.74) is 0.850. The zero-order chi connectivity index (χ0) is 9.26. The number of aromatic nitrogens is 1. The maximum Gasteiger partial charge on any atom is 0.227 e.